The molecule has 34 heavy (non-hydrogen) atoms. The van der Waals surface area contributed by atoms with Gasteiger partial charge in [-0.2, -0.15) is 5.10 Å². The Morgan fingerprint density at radius 1 is 1.15 bits per heavy atom. The molecule has 2 heterocycles. The summed E-state index contributed by atoms with van der Waals surface area (Å²) in [6.45, 7) is 4.65. The van der Waals surface area contributed by atoms with Crippen LogP contribution in [0.2, 0.25) is 10.0 Å². The van der Waals surface area contributed by atoms with Crippen molar-refractivity contribution >= 4 is 34.8 Å². The Morgan fingerprint density at radius 2 is 1.94 bits per heavy atom. The number of rotatable bonds is 9. The molecule has 0 bridgehead atoms. The number of nitrogens with one attached hydrogen (secondary N) is 1. The van der Waals surface area contributed by atoms with E-state index in [0.29, 0.717) is 40.9 Å². The summed E-state index contributed by atoms with van der Waals surface area (Å²) < 4.78 is 13.3. The van der Waals surface area contributed by atoms with E-state index in [1.54, 1.807) is 10.9 Å². The van der Waals surface area contributed by atoms with Crippen molar-refractivity contribution < 1.29 is 14.3 Å². The van der Waals surface area contributed by atoms with Gasteiger partial charge in [-0.05, 0) is 36.2 Å². The molecule has 1 N–H and O–H groups in total. The minimum absolute atomic E-state index is 0.0945. The van der Waals surface area contributed by atoms with Gasteiger partial charge in [0, 0.05) is 49.4 Å². The highest BCUT2D eigenvalue weighted by molar-refractivity contribution is 6.33. The van der Waals surface area contributed by atoms with Crippen LogP contribution >= 0.6 is 23.2 Å². The number of aromatic nitrogens is 2. The highest BCUT2D eigenvalue weighted by atomic mass is 35.5. The second-order valence-electron chi connectivity index (χ2n) is 8.12. The van der Waals surface area contributed by atoms with E-state index in [1.807, 2.05) is 49.5 Å². The third-order valence-corrected chi connectivity index (χ3v) is 6.41. The van der Waals surface area contributed by atoms with Gasteiger partial charge in [0.15, 0.2) is 0 Å². The number of aryl methyl sites for hydroxylation is 2. The van der Waals surface area contributed by atoms with Gasteiger partial charge in [-0.25, -0.2) is 0 Å². The first-order valence-electron chi connectivity index (χ1n) is 11.3. The first-order valence-corrected chi connectivity index (χ1v) is 12.0. The Balaban J connectivity index is 1.46. The minimum Gasteiger partial charge on any atom is -0.492 e. The van der Waals surface area contributed by atoms with Gasteiger partial charge in [0.2, 0.25) is 5.91 Å². The lowest BCUT2D eigenvalue weighted by Gasteiger charge is -2.26. The van der Waals surface area contributed by atoms with Gasteiger partial charge in [0.1, 0.15) is 12.4 Å². The Labute approximate surface area is 209 Å². The number of benzene rings is 2. The van der Waals surface area contributed by atoms with Gasteiger partial charge in [-0.3, -0.25) is 14.4 Å². The summed E-state index contributed by atoms with van der Waals surface area (Å²) in [7, 11) is 1.83. The fraction of sp³-hybridized carbons (Fsp3) is 0.360. The zero-order valence-electron chi connectivity index (χ0n) is 19.1. The van der Waals surface area contributed by atoms with Gasteiger partial charge in [-0.15, -0.1) is 0 Å². The predicted molar refractivity (Wildman–Crippen MR) is 135 cm³/mol. The number of halogens is 2. The molecule has 9 heteroatoms. The van der Waals surface area contributed by atoms with E-state index < -0.39 is 0 Å². The van der Waals surface area contributed by atoms with Crippen molar-refractivity contribution in [3.8, 4) is 17.0 Å². The van der Waals surface area contributed by atoms with Crippen molar-refractivity contribution in [1.82, 2.24) is 14.7 Å². The molecule has 7 nitrogen and oxygen atoms in total. The van der Waals surface area contributed by atoms with E-state index in [4.69, 9.17) is 32.7 Å². The van der Waals surface area contributed by atoms with Gasteiger partial charge < -0.3 is 14.8 Å². The fourth-order valence-corrected chi connectivity index (χ4v) is 4.41. The van der Waals surface area contributed by atoms with Crippen molar-refractivity contribution in [2.75, 3.05) is 44.8 Å². The molecule has 1 aliphatic heterocycles. The molecular formula is C25H28Cl2N4O3. The molecule has 0 aliphatic carbocycles. The Kier molecular flexibility index (Phi) is 8.45. The first-order chi connectivity index (χ1) is 16.5. The Hall–Kier alpha value is -2.58. The second kappa shape index (κ2) is 11.7. The number of morpholine rings is 1. The van der Waals surface area contributed by atoms with Crippen molar-refractivity contribution in [3.05, 3.63) is 64.3 Å². The van der Waals surface area contributed by atoms with Crippen molar-refractivity contribution in [2.45, 2.75) is 12.8 Å². The van der Waals surface area contributed by atoms with Gasteiger partial charge in [-0.1, -0.05) is 41.4 Å². The summed E-state index contributed by atoms with van der Waals surface area (Å²) in [6.07, 6.45) is 2.49. The fourth-order valence-electron chi connectivity index (χ4n) is 3.91. The van der Waals surface area contributed by atoms with Crippen molar-refractivity contribution in [3.63, 3.8) is 0 Å². The predicted octanol–water partition coefficient (Wildman–Crippen LogP) is 4.68. The summed E-state index contributed by atoms with van der Waals surface area (Å²) in [5.41, 5.74) is 3.12. The van der Waals surface area contributed by atoms with E-state index in [-0.39, 0.29) is 5.91 Å². The Morgan fingerprint density at radius 3 is 2.68 bits per heavy atom. The maximum absolute atomic E-state index is 12.6. The summed E-state index contributed by atoms with van der Waals surface area (Å²) in [4.78, 5) is 14.9. The van der Waals surface area contributed by atoms with Crippen LogP contribution in [0.4, 0.5) is 5.69 Å². The van der Waals surface area contributed by atoms with Crippen LogP contribution in [-0.4, -0.2) is 60.0 Å². The standard InChI is InChI=1S/C25H28Cl2N4O3/c1-30-25(22(27)17-28-30)20-16-19(29-24(32)9-6-18-4-2-3-5-21(18)26)7-8-23(20)34-15-12-31-10-13-33-14-11-31/h2-5,7-8,16-17H,6,9-15H2,1H3,(H,29,32). The van der Waals surface area contributed by atoms with E-state index in [1.165, 1.54) is 0 Å². The highest BCUT2D eigenvalue weighted by Gasteiger charge is 2.17. The maximum Gasteiger partial charge on any atom is 0.224 e. The second-order valence-corrected chi connectivity index (χ2v) is 8.93. The number of nitrogens with zero attached hydrogens (tertiary/aromatic N) is 3. The van der Waals surface area contributed by atoms with Crippen molar-refractivity contribution in [2.24, 2.45) is 7.05 Å². The van der Waals surface area contributed by atoms with E-state index >= 15 is 0 Å². The molecule has 2 aromatic carbocycles. The normalized spacial score (nSPS) is 14.2. The molecule has 1 aliphatic rings. The number of anilines is 1. The summed E-state index contributed by atoms with van der Waals surface area (Å²) in [5.74, 6) is 0.593. The monoisotopic (exact) mass is 502 g/mol. The summed E-state index contributed by atoms with van der Waals surface area (Å²) in [6, 6.07) is 13.1. The average Bonchev–Trinajstić information content (AvgIpc) is 3.17. The zero-order valence-corrected chi connectivity index (χ0v) is 20.6. The third-order valence-electron chi connectivity index (χ3n) is 5.76. The molecule has 1 amide bonds. The molecule has 0 saturated carbocycles. The zero-order chi connectivity index (χ0) is 23.9. The number of amides is 1. The van der Waals surface area contributed by atoms with Crippen LogP contribution in [0.3, 0.4) is 0 Å². The van der Waals surface area contributed by atoms with Crippen LogP contribution in [0.25, 0.3) is 11.3 Å². The smallest absolute Gasteiger partial charge is 0.224 e. The van der Waals surface area contributed by atoms with Crippen LogP contribution in [0.1, 0.15) is 12.0 Å². The molecule has 4 rings (SSSR count). The number of carbonyl (C=O) groups excluding carboxylic acids is 1. The quantitative estimate of drug-likeness (QED) is 0.460. The van der Waals surface area contributed by atoms with Gasteiger partial charge >= 0.3 is 0 Å². The average molecular weight is 503 g/mol. The van der Waals surface area contributed by atoms with Crippen LogP contribution in [-0.2, 0) is 23.0 Å². The molecule has 0 atom stereocenters. The Bertz CT molecular complexity index is 1110. The molecule has 0 radical (unpaired) electrons. The molecule has 3 aromatic rings. The van der Waals surface area contributed by atoms with Crippen LogP contribution in [0.5, 0.6) is 5.75 Å². The number of hydrogen-bond acceptors (Lipinski definition) is 5. The molecule has 1 aromatic heterocycles. The van der Waals surface area contributed by atoms with E-state index in [0.717, 1.165) is 49.7 Å². The van der Waals surface area contributed by atoms with Gasteiger partial charge in [0.05, 0.1) is 30.1 Å². The molecule has 180 valence electrons. The van der Waals surface area contributed by atoms with Crippen molar-refractivity contribution in [1.29, 1.82) is 0 Å². The van der Waals surface area contributed by atoms with Crippen LogP contribution in [0.15, 0.2) is 48.7 Å². The molecule has 0 spiro atoms. The summed E-state index contributed by atoms with van der Waals surface area (Å²) >= 11 is 12.6. The van der Waals surface area contributed by atoms with Crippen LogP contribution in [0, 0.1) is 0 Å². The highest BCUT2D eigenvalue weighted by Crippen LogP contribution is 2.36. The lowest BCUT2D eigenvalue weighted by Crippen LogP contribution is -2.38. The number of carbonyl (C=O) groups is 1. The van der Waals surface area contributed by atoms with E-state index in [2.05, 4.69) is 15.3 Å². The molecule has 1 fully saturated rings. The maximum atomic E-state index is 12.6. The van der Waals surface area contributed by atoms with E-state index in [9.17, 15) is 4.79 Å². The lowest BCUT2D eigenvalue weighted by molar-refractivity contribution is -0.116. The molecule has 0 unspecified atom stereocenters. The summed E-state index contributed by atoms with van der Waals surface area (Å²) in [5, 5.41) is 8.42. The number of hydrogen-bond donors (Lipinski definition) is 1. The topological polar surface area (TPSA) is 68.6 Å². The lowest BCUT2D eigenvalue weighted by atomic mass is 10.1. The van der Waals surface area contributed by atoms with Crippen LogP contribution < -0.4 is 10.1 Å². The number of ether oxygens (including phenoxy) is 2. The largest absolute Gasteiger partial charge is 0.492 e. The first kappa shape index (κ1) is 24.5. The SMILES string of the molecule is Cn1ncc(Cl)c1-c1cc(NC(=O)CCc2ccccc2Cl)ccc1OCCN1CCOCC1. The minimum atomic E-state index is -0.0945. The third kappa shape index (κ3) is 6.30. The van der Waals surface area contributed by atoms with Gasteiger partial charge in [0.25, 0.3) is 0 Å². The molecule has 1 saturated heterocycles. The molecular weight excluding hydrogens is 475 g/mol.